The fourth-order valence-corrected chi connectivity index (χ4v) is 2.08. The molecule has 2 unspecified atom stereocenters. The number of aromatic nitrogens is 1. The van der Waals surface area contributed by atoms with Crippen molar-refractivity contribution in [2.75, 3.05) is 0 Å². The van der Waals surface area contributed by atoms with Crippen molar-refractivity contribution in [2.24, 2.45) is 11.5 Å². The Morgan fingerprint density at radius 3 is 2.52 bits per heavy atom. The number of carbonyl (C=O) groups excluding carboxylic acids is 1. The highest BCUT2D eigenvalue weighted by Crippen LogP contribution is 2.27. The summed E-state index contributed by atoms with van der Waals surface area (Å²) >= 11 is 0. The highest BCUT2D eigenvalue weighted by atomic mass is 16.5. The first-order valence-electron chi connectivity index (χ1n) is 6.84. The number of hydrogen-bond acceptors (Lipinski definition) is 4. The molecule has 2 aromatic rings. The molecule has 0 saturated carbocycles. The molecule has 1 aromatic carbocycles. The maximum absolute atomic E-state index is 11.5. The number of amides is 1. The quantitative estimate of drug-likeness (QED) is 0.849. The van der Waals surface area contributed by atoms with E-state index in [1.54, 1.807) is 36.7 Å². The molecular formula is C16H19N3O2. The van der Waals surface area contributed by atoms with Crippen molar-refractivity contribution >= 4 is 5.91 Å². The molecule has 0 aliphatic heterocycles. The predicted octanol–water partition coefficient (Wildman–Crippen LogP) is 2.04. The first-order chi connectivity index (χ1) is 10.1. The van der Waals surface area contributed by atoms with Crippen LogP contribution >= 0.6 is 0 Å². The zero-order valence-corrected chi connectivity index (χ0v) is 11.9. The predicted molar refractivity (Wildman–Crippen MR) is 80.8 cm³/mol. The number of carbonyl (C=O) groups is 1. The molecule has 0 aliphatic carbocycles. The average molecular weight is 285 g/mol. The monoisotopic (exact) mass is 285 g/mol. The van der Waals surface area contributed by atoms with Gasteiger partial charge in [-0.2, -0.15) is 0 Å². The van der Waals surface area contributed by atoms with E-state index in [9.17, 15) is 4.79 Å². The maximum Gasteiger partial charge on any atom is 0.252 e. The molecule has 5 nitrogen and oxygen atoms in total. The van der Waals surface area contributed by atoms with Gasteiger partial charge in [0.15, 0.2) is 0 Å². The number of pyridine rings is 1. The van der Waals surface area contributed by atoms with Crippen LogP contribution < -0.4 is 16.2 Å². The number of nitrogens with two attached hydrogens (primary N) is 2. The summed E-state index contributed by atoms with van der Waals surface area (Å²) < 4.78 is 5.99. The third kappa shape index (κ3) is 3.58. The summed E-state index contributed by atoms with van der Waals surface area (Å²) in [7, 11) is 0. The van der Waals surface area contributed by atoms with Gasteiger partial charge in [-0.1, -0.05) is 19.1 Å². The Hall–Kier alpha value is -2.40. The molecule has 0 saturated heterocycles. The summed E-state index contributed by atoms with van der Waals surface area (Å²) in [4.78, 5) is 15.5. The fourth-order valence-electron chi connectivity index (χ4n) is 2.08. The molecule has 0 aliphatic rings. The molecule has 1 amide bonds. The van der Waals surface area contributed by atoms with Gasteiger partial charge in [0, 0.05) is 18.4 Å². The molecule has 2 rings (SSSR count). The number of ether oxygens (including phenoxy) is 1. The van der Waals surface area contributed by atoms with Crippen molar-refractivity contribution in [3.63, 3.8) is 0 Å². The molecule has 5 heteroatoms. The first-order valence-corrected chi connectivity index (χ1v) is 6.84. The molecule has 0 radical (unpaired) electrons. The zero-order chi connectivity index (χ0) is 15.2. The van der Waals surface area contributed by atoms with Crippen molar-refractivity contribution in [1.82, 2.24) is 4.98 Å². The van der Waals surface area contributed by atoms with Gasteiger partial charge in [-0.15, -0.1) is 0 Å². The Morgan fingerprint density at radius 2 is 1.90 bits per heavy atom. The third-order valence-corrected chi connectivity index (χ3v) is 3.30. The maximum atomic E-state index is 11.5. The minimum Gasteiger partial charge on any atom is -0.483 e. The highest BCUT2D eigenvalue weighted by molar-refractivity contribution is 5.95. The van der Waals surface area contributed by atoms with Gasteiger partial charge in [-0.05, 0) is 36.2 Å². The topological polar surface area (TPSA) is 91.2 Å². The number of hydrogen-bond donors (Lipinski definition) is 2. The van der Waals surface area contributed by atoms with Gasteiger partial charge in [0.2, 0.25) is 0 Å². The van der Waals surface area contributed by atoms with Gasteiger partial charge in [-0.3, -0.25) is 9.78 Å². The molecule has 1 heterocycles. The summed E-state index contributed by atoms with van der Waals surface area (Å²) in [6.07, 6.45) is 3.76. The lowest BCUT2D eigenvalue weighted by atomic mass is 10.0. The van der Waals surface area contributed by atoms with Gasteiger partial charge in [0.05, 0.1) is 5.56 Å². The lowest BCUT2D eigenvalue weighted by molar-refractivity contribution is 0.0989. The van der Waals surface area contributed by atoms with Crippen LogP contribution in [0.5, 0.6) is 5.75 Å². The SMILES string of the molecule is CCC(N)C(Oc1ccccc1C(N)=O)c1ccncc1. The average Bonchev–Trinajstić information content (AvgIpc) is 2.53. The standard InChI is InChI=1S/C16H19N3O2/c1-2-13(17)15(11-7-9-19-10-8-11)21-14-6-4-3-5-12(14)16(18)20/h3-10,13,15H,2,17H2,1H3,(H2,18,20). The fraction of sp³-hybridized carbons (Fsp3) is 0.250. The highest BCUT2D eigenvalue weighted by Gasteiger charge is 2.22. The molecule has 110 valence electrons. The number of primary amides is 1. The van der Waals surface area contributed by atoms with Crippen LogP contribution in [0, 0.1) is 0 Å². The first kappa shape index (κ1) is 15.0. The van der Waals surface area contributed by atoms with E-state index in [1.807, 2.05) is 19.1 Å². The van der Waals surface area contributed by atoms with E-state index in [2.05, 4.69) is 4.98 Å². The molecule has 2 atom stereocenters. The minimum atomic E-state index is -0.524. The Labute approximate surface area is 123 Å². The Bertz CT molecular complexity index is 601. The number of benzene rings is 1. The lowest BCUT2D eigenvalue weighted by Gasteiger charge is -2.25. The van der Waals surface area contributed by atoms with Crippen LogP contribution in [0.3, 0.4) is 0 Å². The van der Waals surface area contributed by atoms with Crippen LogP contribution in [0.2, 0.25) is 0 Å². The van der Waals surface area contributed by atoms with E-state index in [0.29, 0.717) is 11.3 Å². The van der Waals surface area contributed by atoms with Crippen molar-refractivity contribution in [1.29, 1.82) is 0 Å². The van der Waals surface area contributed by atoms with E-state index in [0.717, 1.165) is 12.0 Å². The number of para-hydroxylation sites is 1. The van der Waals surface area contributed by atoms with Gasteiger partial charge >= 0.3 is 0 Å². The van der Waals surface area contributed by atoms with E-state index in [4.69, 9.17) is 16.2 Å². The van der Waals surface area contributed by atoms with Crippen LogP contribution in [-0.4, -0.2) is 16.9 Å². The Kier molecular flexibility index (Phi) is 4.90. The van der Waals surface area contributed by atoms with E-state index < -0.39 is 5.91 Å². The van der Waals surface area contributed by atoms with Gasteiger partial charge in [0.1, 0.15) is 11.9 Å². The van der Waals surface area contributed by atoms with Gasteiger partial charge in [0.25, 0.3) is 5.91 Å². The third-order valence-electron chi connectivity index (χ3n) is 3.30. The number of nitrogens with zero attached hydrogens (tertiary/aromatic N) is 1. The van der Waals surface area contributed by atoms with Crippen LogP contribution in [0.25, 0.3) is 0 Å². The minimum absolute atomic E-state index is 0.201. The molecule has 21 heavy (non-hydrogen) atoms. The molecule has 0 spiro atoms. The van der Waals surface area contributed by atoms with E-state index >= 15 is 0 Å². The second kappa shape index (κ2) is 6.85. The van der Waals surface area contributed by atoms with Crippen molar-refractivity contribution in [3.05, 3.63) is 59.9 Å². The van der Waals surface area contributed by atoms with Crippen LogP contribution in [0.4, 0.5) is 0 Å². The Balaban J connectivity index is 2.34. The Morgan fingerprint density at radius 1 is 1.24 bits per heavy atom. The van der Waals surface area contributed by atoms with Crippen LogP contribution in [-0.2, 0) is 0 Å². The second-order valence-corrected chi connectivity index (χ2v) is 4.75. The molecule has 4 N–H and O–H groups in total. The van der Waals surface area contributed by atoms with E-state index in [1.165, 1.54) is 0 Å². The normalized spacial score (nSPS) is 13.4. The van der Waals surface area contributed by atoms with Crippen molar-refractivity contribution in [2.45, 2.75) is 25.5 Å². The summed E-state index contributed by atoms with van der Waals surface area (Å²) in [5.41, 5.74) is 12.8. The summed E-state index contributed by atoms with van der Waals surface area (Å²) in [6.45, 7) is 1.99. The molecule has 0 fully saturated rings. The van der Waals surface area contributed by atoms with Crippen LogP contribution in [0.15, 0.2) is 48.8 Å². The van der Waals surface area contributed by atoms with Gasteiger partial charge < -0.3 is 16.2 Å². The lowest BCUT2D eigenvalue weighted by Crippen LogP contribution is -2.32. The van der Waals surface area contributed by atoms with Crippen molar-refractivity contribution < 1.29 is 9.53 Å². The number of rotatable bonds is 6. The molecular weight excluding hydrogens is 266 g/mol. The second-order valence-electron chi connectivity index (χ2n) is 4.75. The zero-order valence-electron chi connectivity index (χ0n) is 11.9. The van der Waals surface area contributed by atoms with Crippen molar-refractivity contribution in [3.8, 4) is 5.75 Å². The summed E-state index contributed by atoms with van der Waals surface area (Å²) in [6, 6.07) is 10.4. The van der Waals surface area contributed by atoms with Gasteiger partial charge in [-0.25, -0.2) is 0 Å². The van der Waals surface area contributed by atoms with E-state index in [-0.39, 0.29) is 12.1 Å². The summed E-state index contributed by atoms with van der Waals surface area (Å²) in [5, 5.41) is 0. The largest absolute Gasteiger partial charge is 0.483 e. The summed E-state index contributed by atoms with van der Waals surface area (Å²) in [5.74, 6) is -0.0835. The molecule has 1 aromatic heterocycles. The molecule has 0 bridgehead atoms. The van der Waals surface area contributed by atoms with Crippen LogP contribution in [0.1, 0.15) is 35.4 Å². The smallest absolute Gasteiger partial charge is 0.252 e.